The van der Waals surface area contributed by atoms with Crippen LogP contribution in [0.2, 0.25) is 0 Å². The summed E-state index contributed by atoms with van der Waals surface area (Å²) in [5.74, 6) is 0. The summed E-state index contributed by atoms with van der Waals surface area (Å²) in [5, 5.41) is 13.6. The van der Waals surface area contributed by atoms with Gasteiger partial charge in [0.2, 0.25) is 10.0 Å². The Bertz CT molecular complexity index is 1030. The number of unbranched alkanes of at least 4 members (excludes halogenated alkanes) is 1. The van der Waals surface area contributed by atoms with Crippen LogP contribution in [0.5, 0.6) is 0 Å². The zero-order valence-electron chi connectivity index (χ0n) is 17.2. The van der Waals surface area contributed by atoms with Gasteiger partial charge in [0.25, 0.3) is 0 Å². The second kappa shape index (κ2) is 9.15. The molecule has 1 atom stereocenters. The molecule has 1 unspecified atom stereocenters. The summed E-state index contributed by atoms with van der Waals surface area (Å²) >= 11 is 1.43. The van der Waals surface area contributed by atoms with Gasteiger partial charge in [0.15, 0.2) is 6.33 Å². The van der Waals surface area contributed by atoms with Gasteiger partial charge in [-0.1, -0.05) is 37.6 Å². The van der Waals surface area contributed by atoms with Crippen LogP contribution in [0.3, 0.4) is 0 Å². The van der Waals surface area contributed by atoms with Crippen LogP contribution in [-0.4, -0.2) is 36.6 Å². The van der Waals surface area contributed by atoms with Crippen molar-refractivity contribution >= 4 is 21.3 Å². The smallest absolute Gasteiger partial charge is 0.204 e. The SMILES string of the molecule is CCCCOS(=O)(=NC(C)(C)C)c1sccc1-c1ccc(Cn2ncnn2)cc1. The predicted molar refractivity (Wildman–Crippen MR) is 116 cm³/mol. The van der Waals surface area contributed by atoms with Crippen LogP contribution in [0.15, 0.2) is 50.6 Å². The first-order valence-corrected chi connectivity index (χ1v) is 11.9. The summed E-state index contributed by atoms with van der Waals surface area (Å²) in [7, 11) is -2.97. The summed E-state index contributed by atoms with van der Waals surface area (Å²) in [4.78, 5) is 1.53. The standard InChI is InChI=1S/C20H27N5O2S2/c1-5-6-12-27-29(26,23-20(2,3)4)19-18(11-13-28-19)17-9-7-16(8-10-17)14-25-22-15-21-24-25/h7-11,13,15H,5-6,12,14H2,1-4H3. The molecule has 0 aliphatic carbocycles. The molecule has 0 radical (unpaired) electrons. The van der Waals surface area contributed by atoms with Crippen molar-refractivity contribution in [3.63, 3.8) is 0 Å². The topological polar surface area (TPSA) is 82.3 Å². The lowest BCUT2D eigenvalue weighted by Gasteiger charge is -2.18. The maximum absolute atomic E-state index is 13.8. The zero-order chi connectivity index (χ0) is 20.9. The fourth-order valence-electron chi connectivity index (χ4n) is 2.72. The molecule has 0 aliphatic heterocycles. The van der Waals surface area contributed by atoms with Crippen molar-refractivity contribution in [3.8, 4) is 11.1 Å². The summed E-state index contributed by atoms with van der Waals surface area (Å²) in [6.07, 6.45) is 3.24. The Morgan fingerprint density at radius 2 is 1.97 bits per heavy atom. The Hall–Kier alpha value is -2.10. The van der Waals surface area contributed by atoms with Crippen LogP contribution < -0.4 is 0 Å². The van der Waals surface area contributed by atoms with Gasteiger partial charge in [0, 0.05) is 5.56 Å². The fourth-order valence-corrected chi connectivity index (χ4v) is 6.04. The quantitative estimate of drug-likeness (QED) is 0.476. The normalized spacial score (nSPS) is 13.9. The Morgan fingerprint density at radius 3 is 2.59 bits per heavy atom. The van der Waals surface area contributed by atoms with Crippen molar-refractivity contribution in [2.45, 2.75) is 56.8 Å². The van der Waals surface area contributed by atoms with E-state index in [9.17, 15) is 4.21 Å². The van der Waals surface area contributed by atoms with Gasteiger partial charge in [0.1, 0.15) is 4.21 Å². The molecule has 0 fully saturated rings. The van der Waals surface area contributed by atoms with Crippen LogP contribution in [0, 0.1) is 0 Å². The van der Waals surface area contributed by atoms with Crippen molar-refractivity contribution < 1.29 is 8.39 Å². The van der Waals surface area contributed by atoms with Crippen LogP contribution in [0.4, 0.5) is 0 Å². The van der Waals surface area contributed by atoms with E-state index in [-0.39, 0.29) is 0 Å². The number of thiophene rings is 1. The third kappa shape index (κ3) is 5.71. The molecule has 7 nitrogen and oxygen atoms in total. The molecule has 0 spiro atoms. The highest BCUT2D eigenvalue weighted by molar-refractivity contribution is 7.91. The maximum atomic E-state index is 13.8. The van der Waals surface area contributed by atoms with Crippen LogP contribution >= 0.6 is 11.3 Å². The molecule has 0 amide bonds. The van der Waals surface area contributed by atoms with Crippen molar-refractivity contribution in [1.82, 2.24) is 20.2 Å². The summed E-state index contributed by atoms with van der Waals surface area (Å²) in [5.41, 5.74) is 2.46. The van der Waals surface area contributed by atoms with Gasteiger partial charge < -0.3 is 0 Å². The molecule has 0 saturated heterocycles. The van der Waals surface area contributed by atoms with Gasteiger partial charge in [-0.05, 0) is 55.0 Å². The molecule has 0 aliphatic rings. The molecule has 0 saturated carbocycles. The van der Waals surface area contributed by atoms with Crippen molar-refractivity contribution in [2.75, 3.05) is 6.61 Å². The Labute approximate surface area is 176 Å². The minimum absolute atomic E-state index is 0.427. The molecular weight excluding hydrogens is 406 g/mol. The van der Waals surface area contributed by atoms with E-state index in [4.69, 9.17) is 4.18 Å². The van der Waals surface area contributed by atoms with Gasteiger partial charge in [-0.3, -0.25) is 4.18 Å². The lowest BCUT2D eigenvalue weighted by Crippen LogP contribution is -2.17. The molecule has 0 N–H and O–H groups in total. The molecule has 3 rings (SSSR count). The third-order valence-corrected chi connectivity index (χ3v) is 7.57. The van der Waals surface area contributed by atoms with E-state index >= 15 is 0 Å². The third-order valence-electron chi connectivity index (χ3n) is 3.98. The summed E-state index contributed by atoms with van der Waals surface area (Å²) in [6.45, 7) is 8.88. The highest BCUT2D eigenvalue weighted by Gasteiger charge is 2.24. The second-order valence-electron chi connectivity index (χ2n) is 7.70. The van der Waals surface area contributed by atoms with Crippen LogP contribution in [0.1, 0.15) is 46.1 Å². The minimum Gasteiger partial charge on any atom is -0.281 e. The van der Waals surface area contributed by atoms with Crippen molar-refractivity contribution in [3.05, 3.63) is 47.6 Å². The Morgan fingerprint density at radius 1 is 1.21 bits per heavy atom. The molecule has 3 aromatic rings. The average Bonchev–Trinajstić information content (AvgIpc) is 3.33. The molecule has 2 heterocycles. The lowest BCUT2D eigenvalue weighted by molar-refractivity contribution is 0.329. The Balaban J connectivity index is 1.93. The van der Waals surface area contributed by atoms with Crippen LogP contribution in [0.25, 0.3) is 11.1 Å². The van der Waals surface area contributed by atoms with E-state index in [0.717, 1.165) is 29.5 Å². The van der Waals surface area contributed by atoms with E-state index in [1.54, 1.807) is 0 Å². The molecule has 1 aromatic carbocycles. The minimum atomic E-state index is -2.97. The van der Waals surface area contributed by atoms with Crippen molar-refractivity contribution in [1.29, 1.82) is 0 Å². The molecule has 2 aromatic heterocycles. The number of tetrazole rings is 1. The van der Waals surface area contributed by atoms with Crippen molar-refractivity contribution in [2.24, 2.45) is 4.36 Å². The summed E-state index contributed by atoms with van der Waals surface area (Å²) < 4.78 is 25.0. The predicted octanol–water partition coefficient (Wildman–Crippen LogP) is 4.81. The largest absolute Gasteiger partial charge is 0.281 e. The van der Waals surface area contributed by atoms with Gasteiger partial charge in [0.05, 0.1) is 18.7 Å². The maximum Gasteiger partial charge on any atom is 0.204 e. The molecule has 0 bridgehead atoms. The average molecular weight is 434 g/mol. The zero-order valence-corrected chi connectivity index (χ0v) is 18.9. The van der Waals surface area contributed by atoms with E-state index in [1.807, 2.05) is 56.5 Å². The molecule has 9 heteroatoms. The first-order valence-electron chi connectivity index (χ1n) is 9.61. The number of hydrogen-bond acceptors (Lipinski definition) is 7. The first kappa shape index (κ1) is 21.6. The molecule has 156 valence electrons. The fraction of sp³-hybridized carbons (Fsp3) is 0.450. The van der Waals surface area contributed by atoms with Gasteiger partial charge >= 0.3 is 0 Å². The van der Waals surface area contributed by atoms with E-state index in [0.29, 0.717) is 17.4 Å². The van der Waals surface area contributed by atoms with Crippen LogP contribution in [-0.2, 0) is 20.7 Å². The highest BCUT2D eigenvalue weighted by atomic mass is 32.3. The Kier molecular flexibility index (Phi) is 6.81. The lowest BCUT2D eigenvalue weighted by atomic mass is 10.1. The van der Waals surface area contributed by atoms with Gasteiger partial charge in [-0.15, -0.1) is 21.5 Å². The number of benzene rings is 1. The number of hydrogen-bond donors (Lipinski definition) is 0. The highest BCUT2D eigenvalue weighted by Crippen LogP contribution is 2.36. The molecular formula is C20H27N5O2S2. The molecule has 29 heavy (non-hydrogen) atoms. The number of rotatable bonds is 8. The first-order chi connectivity index (χ1) is 13.8. The van der Waals surface area contributed by atoms with Gasteiger partial charge in [-0.25, -0.2) is 8.57 Å². The van der Waals surface area contributed by atoms with E-state index in [1.165, 1.54) is 22.5 Å². The van der Waals surface area contributed by atoms with E-state index < -0.39 is 15.5 Å². The summed E-state index contributed by atoms with van der Waals surface area (Å²) in [6, 6.07) is 10.0. The number of nitrogens with zero attached hydrogens (tertiary/aromatic N) is 5. The monoisotopic (exact) mass is 433 g/mol. The second-order valence-corrected chi connectivity index (χ2v) is 10.6. The van der Waals surface area contributed by atoms with Gasteiger partial charge in [-0.2, -0.15) is 4.80 Å². The van der Waals surface area contributed by atoms with E-state index in [2.05, 4.69) is 26.7 Å². The number of aromatic nitrogens is 4.